The minimum Gasteiger partial charge on any atom is -0.493 e. The van der Waals surface area contributed by atoms with Gasteiger partial charge in [-0.05, 0) is 37.6 Å². The Kier molecular flexibility index (Phi) is 3.57. The second-order valence-electron chi connectivity index (χ2n) is 5.26. The van der Waals surface area contributed by atoms with Crippen molar-refractivity contribution in [2.24, 2.45) is 0 Å². The molecule has 0 fully saturated rings. The zero-order valence-corrected chi connectivity index (χ0v) is 12.6. The van der Waals surface area contributed by atoms with E-state index in [-0.39, 0.29) is 0 Å². The van der Waals surface area contributed by atoms with E-state index in [1.54, 1.807) is 7.11 Å². The molecule has 3 aromatic rings. The summed E-state index contributed by atoms with van der Waals surface area (Å²) in [6.07, 6.45) is 0. The zero-order chi connectivity index (χ0) is 14.8. The predicted molar refractivity (Wildman–Crippen MR) is 86.0 cm³/mol. The number of rotatable bonds is 4. The Morgan fingerprint density at radius 2 is 1.95 bits per heavy atom. The normalized spacial score (nSPS) is 10.8. The van der Waals surface area contributed by atoms with E-state index in [1.807, 2.05) is 24.3 Å². The van der Waals surface area contributed by atoms with E-state index >= 15 is 0 Å². The molecule has 0 aliphatic rings. The summed E-state index contributed by atoms with van der Waals surface area (Å²) in [6, 6.07) is 14.3. The van der Waals surface area contributed by atoms with E-state index in [1.165, 1.54) is 11.1 Å². The third-order valence-electron chi connectivity index (χ3n) is 3.61. The van der Waals surface area contributed by atoms with Crippen LogP contribution >= 0.6 is 0 Å². The fourth-order valence-corrected chi connectivity index (χ4v) is 2.53. The van der Waals surface area contributed by atoms with Crippen LogP contribution in [0.4, 0.5) is 5.69 Å². The summed E-state index contributed by atoms with van der Waals surface area (Å²) in [5.74, 6) is 1.67. The summed E-state index contributed by atoms with van der Waals surface area (Å²) in [6.45, 7) is 4.86. The highest BCUT2D eigenvalue weighted by atomic mass is 16.5. The molecule has 0 unspecified atom stereocenters. The van der Waals surface area contributed by atoms with Gasteiger partial charge in [-0.3, -0.25) is 0 Å². The van der Waals surface area contributed by atoms with Crippen LogP contribution in [-0.4, -0.2) is 7.11 Å². The molecule has 3 rings (SSSR count). The lowest BCUT2D eigenvalue weighted by molar-refractivity contribution is 0.408. The smallest absolute Gasteiger partial charge is 0.176 e. The molecule has 2 aromatic carbocycles. The Labute approximate surface area is 124 Å². The minimum atomic E-state index is 0.654. The molecule has 1 N–H and O–H groups in total. The molecule has 0 bridgehead atoms. The summed E-state index contributed by atoms with van der Waals surface area (Å²) in [5.41, 5.74) is 4.45. The molecule has 0 saturated heterocycles. The van der Waals surface area contributed by atoms with Crippen molar-refractivity contribution < 1.29 is 9.15 Å². The van der Waals surface area contributed by atoms with Gasteiger partial charge in [-0.1, -0.05) is 29.8 Å². The number of fused-ring (bicyclic) bond motifs is 1. The van der Waals surface area contributed by atoms with Gasteiger partial charge in [-0.15, -0.1) is 0 Å². The first-order valence-electron chi connectivity index (χ1n) is 7.04. The molecule has 0 radical (unpaired) electrons. The number of para-hydroxylation sites is 1. The van der Waals surface area contributed by atoms with Gasteiger partial charge in [-0.2, -0.15) is 0 Å². The van der Waals surface area contributed by atoms with Crippen molar-refractivity contribution in [3.05, 3.63) is 59.4 Å². The quantitative estimate of drug-likeness (QED) is 0.754. The van der Waals surface area contributed by atoms with E-state index in [0.717, 1.165) is 28.2 Å². The van der Waals surface area contributed by atoms with Gasteiger partial charge in [0.1, 0.15) is 5.76 Å². The highest BCUT2D eigenvalue weighted by Gasteiger charge is 2.08. The van der Waals surface area contributed by atoms with Crippen LogP contribution < -0.4 is 10.1 Å². The van der Waals surface area contributed by atoms with Gasteiger partial charge in [0, 0.05) is 11.1 Å². The number of methoxy groups -OCH3 is 1. The summed E-state index contributed by atoms with van der Waals surface area (Å²) in [7, 11) is 1.66. The molecule has 21 heavy (non-hydrogen) atoms. The van der Waals surface area contributed by atoms with Crippen molar-refractivity contribution in [1.82, 2.24) is 0 Å². The van der Waals surface area contributed by atoms with E-state index < -0.39 is 0 Å². The number of ether oxygens (including phenoxy) is 1. The third kappa shape index (κ3) is 2.72. The first kappa shape index (κ1) is 13.6. The molecule has 0 aliphatic carbocycles. The summed E-state index contributed by atoms with van der Waals surface area (Å²) in [4.78, 5) is 0. The SMILES string of the molecule is COc1cccc2cc(CNc3ccc(C)cc3C)oc12. The molecule has 108 valence electrons. The fraction of sp³-hybridized carbons (Fsp3) is 0.222. The lowest BCUT2D eigenvalue weighted by Crippen LogP contribution is -1.99. The summed E-state index contributed by atoms with van der Waals surface area (Å²) in [5, 5.41) is 4.48. The molecular formula is C18H19NO2. The van der Waals surface area contributed by atoms with Crippen molar-refractivity contribution in [1.29, 1.82) is 0 Å². The number of hydrogen-bond acceptors (Lipinski definition) is 3. The molecular weight excluding hydrogens is 262 g/mol. The fourth-order valence-electron chi connectivity index (χ4n) is 2.53. The molecule has 0 saturated carbocycles. The van der Waals surface area contributed by atoms with E-state index in [4.69, 9.17) is 9.15 Å². The summed E-state index contributed by atoms with van der Waals surface area (Å²) < 4.78 is 11.2. The second kappa shape index (κ2) is 5.52. The van der Waals surface area contributed by atoms with Gasteiger partial charge in [0.05, 0.1) is 13.7 Å². The largest absolute Gasteiger partial charge is 0.493 e. The number of anilines is 1. The zero-order valence-electron chi connectivity index (χ0n) is 12.6. The lowest BCUT2D eigenvalue weighted by atomic mass is 10.1. The van der Waals surface area contributed by atoms with Gasteiger partial charge in [0.2, 0.25) is 0 Å². The van der Waals surface area contributed by atoms with Crippen LogP contribution in [0.3, 0.4) is 0 Å². The van der Waals surface area contributed by atoms with Gasteiger partial charge >= 0.3 is 0 Å². The van der Waals surface area contributed by atoms with Crippen molar-refractivity contribution in [2.75, 3.05) is 12.4 Å². The standard InChI is InChI=1S/C18H19NO2/c1-12-7-8-16(13(2)9-12)19-11-15-10-14-5-4-6-17(20-3)18(14)21-15/h4-10,19H,11H2,1-3H3. The highest BCUT2D eigenvalue weighted by molar-refractivity contribution is 5.83. The number of furan rings is 1. The maximum absolute atomic E-state index is 5.89. The van der Waals surface area contributed by atoms with Crippen LogP contribution in [0.25, 0.3) is 11.0 Å². The van der Waals surface area contributed by atoms with E-state index in [0.29, 0.717) is 6.54 Å². The molecule has 0 amide bonds. The van der Waals surface area contributed by atoms with Crippen LogP contribution in [0.15, 0.2) is 46.9 Å². The van der Waals surface area contributed by atoms with Gasteiger partial charge in [-0.25, -0.2) is 0 Å². The van der Waals surface area contributed by atoms with Crippen molar-refractivity contribution in [2.45, 2.75) is 20.4 Å². The van der Waals surface area contributed by atoms with Gasteiger partial charge in [0.25, 0.3) is 0 Å². The second-order valence-corrected chi connectivity index (χ2v) is 5.26. The Bertz CT molecular complexity index is 774. The lowest BCUT2D eigenvalue weighted by Gasteiger charge is -2.08. The van der Waals surface area contributed by atoms with Crippen LogP contribution in [0.1, 0.15) is 16.9 Å². The Morgan fingerprint density at radius 3 is 2.71 bits per heavy atom. The van der Waals surface area contributed by atoms with Crippen LogP contribution in [0, 0.1) is 13.8 Å². The number of benzene rings is 2. The average molecular weight is 281 g/mol. The first-order valence-corrected chi connectivity index (χ1v) is 7.04. The van der Waals surface area contributed by atoms with Gasteiger partial charge in [0.15, 0.2) is 11.3 Å². The van der Waals surface area contributed by atoms with Crippen molar-refractivity contribution in [3.63, 3.8) is 0 Å². The number of hydrogen-bond donors (Lipinski definition) is 1. The van der Waals surface area contributed by atoms with Crippen LogP contribution in [0.5, 0.6) is 5.75 Å². The predicted octanol–water partition coefficient (Wildman–Crippen LogP) is 4.67. The maximum Gasteiger partial charge on any atom is 0.176 e. The first-order chi connectivity index (χ1) is 10.2. The summed E-state index contributed by atoms with van der Waals surface area (Å²) >= 11 is 0. The maximum atomic E-state index is 5.89. The Hall–Kier alpha value is -2.42. The van der Waals surface area contributed by atoms with Crippen molar-refractivity contribution in [3.8, 4) is 5.75 Å². The minimum absolute atomic E-state index is 0.654. The highest BCUT2D eigenvalue weighted by Crippen LogP contribution is 2.29. The van der Waals surface area contributed by atoms with E-state index in [9.17, 15) is 0 Å². The molecule has 1 aromatic heterocycles. The van der Waals surface area contributed by atoms with E-state index in [2.05, 4.69) is 37.4 Å². The van der Waals surface area contributed by atoms with Gasteiger partial charge < -0.3 is 14.5 Å². The topological polar surface area (TPSA) is 34.4 Å². The molecule has 3 heteroatoms. The number of aryl methyl sites for hydroxylation is 2. The van der Waals surface area contributed by atoms with Crippen molar-refractivity contribution >= 4 is 16.7 Å². The third-order valence-corrected chi connectivity index (χ3v) is 3.61. The molecule has 0 spiro atoms. The number of nitrogens with one attached hydrogen (secondary N) is 1. The average Bonchev–Trinajstić information content (AvgIpc) is 2.89. The molecule has 1 heterocycles. The molecule has 0 aliphatic heterocycles. The molecule has 0 atom stereocenters. The Balaban J connectivity index is 1.82. The molecule has 3 nitrogen and oxygen atoms in total. The van der Waals surface area contributed by atoms with Crippen LogP contribution in [-0.2, 0) is 6.54 Å². The monoisotopic (exact) mass is 281 g/mol. The van der Waals surface area contributed by atoms with Crippen LogP contribution in [0.2, 0.25) is 0 Å². The Morgan fingerprint density at radius 1 is 1.10 bits per heavy atom.